The molecule has 116 valence electrons. The van der Waals surface area contributed by atoms with Gasteiger partial charge < -0.3 is 10.1 Å². The van der Waals surface area contributed by atoms with E-state index < -0.39 is 11.9 Å². The molecule has 1 heterocycles. The fourth-order valence-electron chi connectivity index (χ4n) is 1.79. The number of ether oxygens (including phenoxy) is 1. The maximum absolute atomic E-state index is 13.4. The average Bonchev–Trinajstić information content (AvgIpc) is 3.03. The van der Waals surface area contributed by atoms with Crippen LogP contribution in [0.4, 0.5) is 4.39 Å². The topological polar surface area (TPSA) is 55.4 Å². The van der Waals surface area contributed by atoms with Crippen molar-refractivity contribution in [2.24, 2.45) is 0 Å². The largest absolute Gasteiger partial charge is 0.456 e. The molecule has 1 aromatic heterocycles. The van der Waals surface area contributed by atoms with Crippen LogP contribution in [0.3, 0.4) is 0 Å². The van der Waals surface area contributed by atoms with Crippen LogP contribution in [0.15, 0.2) is 41.1 Å². The molecule has 0 spiro atoms. The highest BCUT2D eigenvalue weighted by atomic mass is 32.1. The summed E-state index contributed by atoms with van der Waals surface area (Å²) >= 11 is 1.57. The Morgan fingerprint density at radius 3 is 2.77 bits per heavy atom. The Kier molecular flexibility index (Phi) is 6.09. The number of amides is 1. The van der Waals surface area contributed by atoms with Crippen molar-refractivity contribution in [1.29, 1.82) is 0 Å². The van der Waals surface area contributed by atoms with Crippen LogP contribution in [-0.2, 0) is 27.3 Å². The van der Waals surface area contributed by atoms with Gasteiger partial charge in [-0.05, 0) is 34.9 Å². The number of benzene rings is 1. The van der Waals surface area contributed by atoms with Gasteiger partial charge in [-0.3, -0.25) is 9.59 Å². The number of hydrogen-bond acceptors (Lipinski definition) is 4. The van der Waals surface area contributed by atoms with Crippen molar-refractivity contribution in [3.05, 3.63) is 58.0 Å². The van der Waals surface area contributed by atoms with Crippen LogP contribution >= 0.6 is 11.3 Å². The Labute approximate surface area is 131 Å². The maximum atomic E-state index is 13.4. The molecule has 2 aromatic rings. The number of nitrogens with one attached hydrogen (secondary N) is 1. The van der Waals surface area contributed by atoms with Crippen molar-refractivity contribution in [1.82, 2.24) is 5.32 Å². The molecular weight excluding hydrogens is 305 g/mol. The van der Waals surface area contributed by atoms with Crippen LogP contribution in [0.2, 0.25) is 0 Å². The van der Waals surface area contributed by atoms with Gasteiger partial charge in [0.25, 0.3) is 5.91 Å². The minimum atomic E-state index is -0.452. The first-order chi connectivity index (χ1) is 10.6. The van der Waals surface area contributed by atoms with Crippen LogP contribution in [0.25, 0.3) is 0 Å². The third-order valence-electron chi connectivity index (χ3n) is 3.00. The van der Waals surface area contributed by atoms with Gasteiger partial charge in [0, 0.05) is 18.5 Å². The highest BCUT2D eigenvalue weighted by Crippen LogP contribution is 2.09. The fourth-order valence-corrected chi connectivity index (χ4v) is 2.49. The molecule has 0 unspecified atom stereocenters. The lowest BCUT2D eigenvalue weighted by Gasteiger charge is -2.07. The molecule has 0 aliphatic carbocycles. The number of thiophene rings is 1. The Hall–Kier alpha value is -2.21. The lowest BCUT2D eigenvalue weighted by Crippen LogP contribution is -2.28. The van der Waals surface area contributed by atoms with Crippen LogP contribution < -0.4 is 5.32 Å². The molecule has 0 aliphatic heterocycles. The third kappa shape index (κ3) is 5.29. The van der Waals surface area contributed by atoms with Gasteiger partial charge in [0.05, 0.1) is 0 Å². The summed E-state index contributed by atoms with van der Waals surface area (Å²) in [6.45, 7) is -0.283. The van der Waals surface area contributed by atoms with Crippen LogP contribution in [0.5, 0.6) is 0 Å². The molecule has 1 aromatic carbocycles. The van der Waals surface area contributed by atoms with Gasteiger partial charge in [0.2, 0.25) is 0 Å². The number of hydrogen-bond donors (Lipinski definition) is 1. The van der Waals surface area contributed by atoms with E-state index in [1.807, 2.05) is 16.8 Å². The molecule has 0 radical (unpaired) electrons. The smallest absolute Gasteiger partial charge is 0.306 e. The number of carbonyl (C=O) groups is 2. The molecule has 1 N–H and O–H groups in total. The van der Waals surface area contributed by atoms with Crippen LogP contribution in [0.1, 0.15) is 17.5 Å². The summed E-state index contributed by atoms with van der Waals surface area (Å²) in [5.74, 6) is -1.25. The molecule has 6 heteroatoms. The lowest BCUT2D eigenvalue weighted by molar-refractivity contribution is -0.148. The van der Waals surface area contributed by atoms with E-state index >= 15 is 0 Å². The summed E-state index contributed by atoms with van der Waals surface area (Å²) in [6.07, 6.45) is 0.830. The number of halogens is 1. The van der Waals surface area contributed by atoms with Crippen LogP contribution in [-0.4, -0.2) is 18.5 Å². The van der Waals surface area contributed by atoms with E-state index in [0.717, 1.165) is 5.56 Å². The number of carbonyl (C=O) groups excluding carboxylic acids is 2. The summed E-state index contributed by atoms with van der Waals surface area (Å²) in [4.78, 5) is 23.1. The predicted octanol–water partition coefficient (Wildman–Crippen LogP) is 2.68. The summed E-state index contributed by atoms with van der Waals surface area (Å²) in [7, 11) is 0. The quantitative estimate of drug-likeness (QED) is 0.798. The zero-order chi connectivity index (χ0) is 15.8. The van der Waals surface area contributed by atoms with E-state index in [1.54, 1.807) is 29.5 Å². The first-order valence-electron chi connectivity index (χ1n) is 6.82. The van der Waals surface area contributed by atoms with Crippen molar-refractivity contribution in [2.45, 2.75) is 19.4 Å². The molecule has 0 saturated heterocycles. The van der Waals surface area contributed by atoms with Crippen LogP contribution in [0, 0.1) is 5.82 Å². The molecule has 0 fully saturated rings. The molecule has 1 amide bonds. The Balaban J connectivity index is 1.65. The monoisotopic (exact) mass is 321 g/mol. The third-order valence-corrected chi connectivity index (χ3v) is 3.73. The normalized spacial score (nSPS) is 10.2. The van der Waals surface area contributed by atoms with Gasteiger partial charge in [-0.15, -0.1) is 0 Å². The van der Waals surface area contributed by atoms with Crippen molar-refractivity contribution in [2.75, 3.05) is 6.61 Å². The van der Waals surface area contributed by atoms with Crippen molar-refractivity contribution in [3.8, 4) is 0 Å². The highest BCUT2D eigenvalue weighted by Gasteiger charge is 2.09. The van der Waals surface area contributed by atoms with Gasteiger partial charge in [-0.1, -0.05) is 18.2 Å². The number of rotatable bonds is 7. The van der Waals surface area contributed by atoms with Gasteiger partial charge in [-0.25, -0.2) is 4.39 Å². The molecule has 4 nitrogen and oxygen atoms in total. The fraction of sp³-hybridized carbons (Fsp3) is 0.250. The zero-order valence-electron chi connectivity index (χ0n) is 11.9. The standard InChI is InChI=1S/C16H16FNO3S/c17-14-4-2-1-3-13(14)9-18-15(19)10-21-16(20)6-5-12-7-8-22-11-12/h1-4,7-8,11H,5-6,9-10H2,(H,18,19). The van der Waals surface area contributed by atoms with E-state index in [-0.39, 0.29) is 25.4 Å². The second kappa shape index (κ2) is 8.29. The van der Waals surface area contributed by atoms with E-state index in [1.165, 1.54) is 6.07 Å². The van der Waals surface area contributed by atoms with E-state index in [2.05, 4.69) is 5.32 Å². The van der Waals surface area contributed by atoms with E-state index in [4.69, 9.17) is 4.74 Å². The first kappa shape index (κ1) is 16.2. The SMILES string of the molecule is O=C(COC(=O)CCc1ccsc1)NCc1ccccc1F. The van der Waals surface area contributed by atoms with Gasteiger partial charge >= 0.3 is 5.97 Å². The molecule has 2 rings (SSSR count). The first-order valence-corrected chi connectivity index (χ1v) is 7.76. The molecular formula is C16H16FNO3S. The highest BCUT2D eigenvalue weighted by molar-refractivity contribution is 7.07. The minimum Gasteiger partial charge on any atom is -0.456 e. The predicted molar refractivity (Wildman–Crippen MR) is 81.8 cm³/mol. The average molecular weight is 321 g/mol. The van der Waals surface area contributed by atoms with Crippen molar-refractivity contribution >= 4 is 23.2 Å². The van der Waals surface area contributed by atoms with E-state index in [0.29, 0.717) is 12.0 Å². The Morgan fingerprint density at radius 2 is 2.05 bits per heavy atom. The number of aryl methyl sites for hydroxylation is 1. The Bertz CT molecular complexity index is 628. The summed E-state index contributed by atoms with van der Waals surface area (Å²) in [6, 6.07) is 8.12. The minimum absolute atomic E-state index is 0.0674. The second-order valence-corrected chi connectivity index (χ2v) is 5.44. The summed E-state index contributed by atoms with van der Waals surface area (Å²) < 4.78 is 18.2. The maximum Gasteiger partial charge on any atom is 0.306 e. The lowest BCUT2D eigenvalue weighted by atomic mass is 10.2. The summed E-state index contributed by atoms with van der Waals surface area (Å²) in [5.41, 5.74) is 1.46. The van der Waals surface area contributed by atoms with Crippen molar-refractivity contribution in [3.63, 3.8) is 0 Å². The van der Waals surface area contributed by atoms with Gasteiger partial charge in [0.1, 0.15) is 5.82 Å². The summed E-state index contributed by atoms with van der Waals surface area (Å²) in [5, 5.41) is 6.42. The molecule has 0 bridgehead atoms. The Morgan fingerprint density at radius 1 is 1.23 bits per heavy atom. The molecule has 0 aliphatic rings. The second-order valence-electron chi connectivity index (χ2n) is 4.66. The van der Waals surface area contributed by atoms with Gasteiger partial charge in [-0.2, -0.15) is 11.3 Å². The van der Waals surface area contributed by atoms with Crippen molar-refractivity contribution < 1.29 is 18.7 Å². The molecule has 22 heavy (non-hydrogen) atoms. The van der Waals surface area contributed by atoms with E-state index in [9.17, 15) is 14.0 Å². The zero-order valence-corrected chi connectivity index (χ0v) is 12.7. The van der Waals surface area contributed by atoms with Gasteiger partial charge in [0.15, 0.2) is 6.61 Å². The number of esters is 1. The molecule has 0 atom stereocenters. The molecule has 0 saturated carbocycles.